The number of carbonyl (C=O) groups is 1. The monoisotopic (exact) mass is 223 g/mol. The van der Waals surface area contributed by atoms with E-state index in [0.717, 1.165) is 0 Å². The fourth-order valence-electron chi connectivity index (χ4n) is 1.61. The summed E-state index contributed by atoms with van der Waals surface area (Å²) in [6, 6.07) is 9.04. The van der Waals surface area contributed by atoms with Gasteiger partial charge < -0.3 is 0 Å². The Morgan fingerprint density at radius 3 is 2.65 bits per heavy atom. The van der Waals surface area contributed by atoms with E-state index < -0.39 is 0 Å². The van der Waals surface area contributed by atoms with E-state index in [9.17, 15) is 4.79 Å². The minimum absolute atomic E-state index is 0.0601. The molecule has 0 radical (unpaired) electrons. The molecule has 1 heterocycles. The number of rotatable bonds is 2. The maximum atomic E-state index is 11.5. The minimum atomic E-state index is -0.0601. The van der Waals surface area contributed by atoms with Crippen LogP contribution in [0.15, 0.2) is 36.7 Å². The SMILES string of the molecule is CC(=O)c1ccccc1-c1nccnc1C#N. The van der Waals surface area contributed by atoms with Crippen LogP contribution in [0.1, 0.15) is 23.0 Å². The lowest BCUT2D eigenvalue weighted by atomic mass is 10.0. The van der Waals surface area contributed by atoms with Crippen molar-refractivity contribution in [2.24, 2.45) is 0 Å². The quantitative estimate of drug-likeness (QED) is 0.732. The highest BCUT2D eigenvalue weighted by molar-refractivity contribution is 6.00. The van der Waals surface area contributed by atoms with E-state index >= 15 is 0 Å². The van der Waals surface area contributed by atoms with E-state index in [1.54, 1.807) is 24.3 Å². The molecule has 0 unspecified atom stereocenters. The lowest BCUT2D eigenvalue weighted by Crippen LogP contribution is -1.99. The van der Waals surface area contributed by atoms with Crippen molar-refractivity contribution in [2.45, 2.75) is 6.92 Å². The first-order valence-electron chi connectivity index (χ1n) is 5.05. The first kappa shape index (κ1) is 11.0. The van der Waals surface area contributed by atoms with Gasteiger partial charge in [-0.2, -0.15) is 5.26 Å². The second-order valence-electron chi connectivity index (χ2n) is 3.47. The number of hydrogen-bond donors (Lipinski definition) is 0. The Hall–Kier alpha value is -2.54. The molecule has 4 heteroatoms. The maximum absolute atomic E-state index is 11.5. The largest absolute Gasteiger partial charge is 0.294 e. The number of nitriles is 1. The Balaban J connectivity index is 2.69. The summed E-state index contributed by atoms with van der Waals surface area (Å²) in [5.74, 6) is -0.0601. The van der Waals surface area contributed by atoms with Gasteiger partial charge in [-0.1, -0.05) is 24.3 Å². The second-order valence-corrected chi connectivity index (χ2v) is 3.47. The number of nitrogens with zero attached hydrogens (tertiary/aromatic N) is 3. The van der Waals surface area contributed by atoms with E-state index in [0.29, 0.717) is 16.8 Å². The summed E-state index contributed by atoms with van der Waals surface area (Å²) in [6.07, 6.45) is 2.96. The van der Waals surface area contributed by atoms with Gasteiger partial charge in [-0.15, -0.1) is 0 Å². The fraction of sp³-hybridized carbons (Fsp3) is 0.0769. The van der Waals surface area contributed by atoms with Gasteiger partial charge in [0.1, 0.15) is 11.8 Å². The number of aromatic nitrogens is 2. The first-order valence-corrected chi connectivity index (χ1v) is 5.05. The molecule has 0 amide bonds. The van der Waals surface area contributed by atoms with Gasteiger partial charge in [0.25, 0.3) is 0 Å². The number of hydrogen-bond acceptors (Lipinski definition) is 4. The van der Waals surface area contributed by atoms with Gasteiger partial charge in [0.15, 0.2) is 11.5 Å². The molecule has 0 saturated heterocycles. The lowest BCUT2D eigenvalue weighted by Gasteiger charge is -2.06. The van der Waals surface area contributed by atoms with Gasteiger partial charge in [0, 0.05) is 23.5 Å². The zero-order valence-corrected chi connectivity index (χ0v) is 9.21. The number of carbonyl (C=O) groups excluding carboxylic acids is 1. The van der Waals surface area contributed by atoms with Crippen molar-refractivity contribution in [3.8, 4) is 17.3 Å². The Labute approximate surface area is 98.6 Å². The fourth-order valence-corrected chi connectivity index (χ4v) is 1.61. The van der Waals surface area contributed by atoms with Crippen LogP contribution >= 0.6 is 0 Å². The molecule has 0 fully saturated rings. The maximum Gasteiger partial charge on any atom is 0.166 e. The molecule has 0 N–H and O–H groups in total. The van der Waals surface area contributed by atoms with Crippen LogP contribution in [0.2, 0.25) is 0 Å². The highest BCUT2D eigenvalue weighted by atomic mass is 16.1. The minimum Gasteiger partial charge on any atom is -0.294 e. The molecule has 0 aliphatic carbocycles. The van der Waals surface area contributed by atoms with E-state index in [1.807, 2.05) is 6.07 Å². The van der Waals surface area contributed by atoms with E-state index in [4.69, 9.17) is 5.26 Å². The smallest absolute Gasteiger partial charge is 0.166 e. The summed E-state index contributed by atoms with van der Waals surface area (Å²) >= 11 is 0. The number of Topliss-reactive ketones (excluding diaryl/α,β-unsaturated/α-hetero) is 1. The Bertz CT molecular complexity index is 614. The molecule has 0 bridgehead atoms. The highest BCUT2D eigenvalue weighted by Crippen LogP contribution is 2.23. The normalized spacial score (nSPS) is 9.65. The van der Waals surface area contributed by atoms with Crippen LogP contribution in [-0.4, -0.2) is 15.8 Å². The summed E-state index contributed by atoms with van der Waals surface area (Å²) in [5.41, 5.74) is 1.86. The number of benzene rings is 1. The molecule has 17 heavy (non-hydrogen) atoms. The second kappa shape index (κ2) is 4.54. The van der Waals surface area contributed by atoms with Crippen molar-refractivity contribution in [1.82, 2.24) is 9.97 Å². The van der Waals surface area contributed by atoms with E-state index in [-0.39, 0.29) is 11.5 Å². The van der Waals surface area contributed by atoms with Gasteiger partial charge in [0.05, 0.1) is 0 Å². The number of ketones is 1. The van der Waals surface area contributed by atoms with Crippen LogP contribution in [-0.2, 0) is 0 Å². The first-order chi connectivity index (χ1) is 8.24. The van der Waals surface area contributed by atoms with E-state index in [1.165, 1.54) is 19.3 Å². The molecule has 0 saturated carbocycles. The summed E-state index contributed by atoms with van der Waals surface area (Å²) < 4.78 is 0. The average molecular weight is 223 g/mol. The molecular weight excluding hydrogens is 214 g/mol. The predicted molar refractivity (Wildman–Crippen MR) is 62.2 cm³/mol. The molecule has 1 aromatic heterocycles. The summed E-state index contributed by atoms with van der Waals surface area (Å²) in [7, 11) is 0. The van der Waals surface area contributed by atoms with Gasteiger partial charge in [-0.3, -0.25) is 9.78 Å². The highest BCUT2D eigenvalue weighted by Gasteiger charge is 2.13. The van der Waals surface area contributed by atoms with Crippen molar-refractivity contribution in [3.63, 3.8) is 0 Å². The van der Waals surface area contributed by atoms with Crippen LogP contribution in [0.5, 0.6) is 0 Å². The third-order valence-corrected chi connectivity index (χ3v) is 2.37. The summed E-state index contributed by atoms with van der Waals surface area (Å²) in [4.78, 5) is 19.6. The molecule has 0 spiro atoms. The molecule has 1 aromatic carbocycles. The van der Waals surface area contributed by atoms with Crippen LogP contribution < -0.4 is 0 Å². The average Bonchev–Trinajstić information content (AvgIpc) is 2.38. The molecular formula is C13H9N3O. The van der Waals surface area contributed by atoms with Crippen molar-refractivity contribution < 1.29 is 4.79 Å². The molecule has 4 nitrogen and oxygen atoms in total. The lowest BCUT2D eigenvalue weighted by molar-refractivity contribution is 0.101. The van der Waals surface area contributed by atoms with Gasteiger partial charge in [-0.25, -0.2) is 4.98 Å². The van der Waals surface area contributed by atoms with Crippen LogP contribution in [0, 0.1) is 11.3 Å². The van der Waals surface area contributed by atoms with Gasteiger partial charge >= 0.3 is 0 Å². The van der Waals surface area contributed by atoms with Crippen LogP contribution in [0.4, 0.5) is 0 Å². The third-order valence-electron chi connectivity index (χ3n) is 2.37. The molecule has 2 rings (SSSR count). The van der Waals surface area contributed by atoms with Crippen LogP contribution in [0.25, 0.3) is 11.3 Å². The zero-order valence-electron chi connectivity index (χ0n) is 9.21. The molecule has 0 aliphatic heterocycles. The summed E-state index contributed by atoms with van der Waals surface area (Å²) in [6.45, 7) is 1.49. The molecule has 2 aromatic rings. The Morgan fingerprint density at radius 1 is 1.24 bits per heavy atom. The molecule has 0 atom stereocenters. The predicted octanol–water partition coefficient (Wildman–Crippen LogP) is 2.22. The topological polar surface area (TPSA) is 66.6 Å². The van der Waals surface area contributed by atoms with Crippen molar-refractivity contribution in [3.05, 3.63) is 47.9 Å². The van der Waals surface area contributed by atoms with Gasteiger partial charge in [0.2, 0.25) is 0 Å². The zero-order chi connectivity index (χ0) is 12.3. The van der Waals surface area contributed by atoms with Crippen molar-refractivity contribution in [2.75, 3.05) is 0 Å². The molecule has 82 valence electrons. The van der Waals surface area contributed by atoms with E-state index in [2.05, 4.69) is 9.97 Å². The van der Waals surface area contributed by atoms with Crippen molar-refractivity contribution >= 4 is 5.78 Å². The molecule has 0 aliphatic rings. The van der Waals surface area contributed by atoms with Crippen molar-refractivity contribution in [1.29, 1.82) is 5.26 Å². The summed E-state index contributed by atoms with van der Waals surface area (Å²) in [5, 5.41) is 8.97. The Kier molecular flexibility index (Phi) is 2.93. The Morgan fingerprint density at radius 2 is 1.94 bits per heavy atom. The standard InChI is InChI=1S/C13H9N3O/c1-9(17)10-4-2-3-5-11(10)13-12(8-14)15-6-7-16-13/h2-7H,1H3. The van der Waals surface area contributed by atoms with Crippen LogP contribution in [0.3, 0.4) is 0 Å². The van der Waals surface area contributed by atoms with Gasteiger partial charge in [-0.05, 0) is 6.92 Å². The third kappa shape index (κ3) is 2.04.